The quantitative estimate of drug-likeness (QED) is 0.904. The molecule has 1 N–H and O–H groups in total. The number of carboxylic acid groups (broad SMARTS) is 1. The Kier molecular flexibility index (Phi) is 3.28. The summed E-state index contributed by atoms with van der Waals surface area (Å²) in [5.74, 6) is -1.76. The summed E-state index contributed by atoms with van der Waals surface area (Å²) in [4.78, 5) is 11.0. The Morgan fingerprint density at radius 1 is 1.22 bits per heavy atom. The third-order valence-electron chi connectivity index (χ3n) is 2.59. The number of hydrogen-bond donors (Lipinski definition) is 1. The summed E-state index contributed by atoms with van der Waals surface area (Å²) in [5.41, 5.74) is 0.816. The molecule has 4 heteroatoms. The summed E-state index contributed by atoms with van der Waals surface area (Å²) in [5, 5.41) is 8.99. The third kappa shape index (κ3) is 2.18. The van der Waals surface area contributed by atoms with Crippen molar-refractivity contribution in [3.05, 3.63) is 53.8 Å². The summed E-state index contributed by atoms with van der Waals surface area (Å²) in [6.45, 7) is 0. The zero-order valence-corrected chi connectivity index (χ0v) is 9.68. The zero-order chi connectivity index (χ0) is 13.1. The molecule has 0 radical (unpaired) electrons. The Hall–Kier alpha value is -2.36. The molecule has 0 saturated heterocycles. The molecule has 0 aliphatic carbocycles. The highest BCUT2D eigenvalue weighted by atomic mass is 19.1. The van der Waals surface area contributed by atoms with Gasteiger partial charge in [-0.1, -0.05) is 30.3 Å². The second-order valence-corrected chi connectivity index (χ2v) is 3.71. The van der Waals surface area contributed by atoms with E-state index in [-0.39, 0.29) is 16.9 Å². The summed E-state index contributed by atoms with van der Waals surface area (Å²) in [6, 6.07) is 11.2. The monoisotopic (exact) mass is 246 g/mol. The highest BCUT2D eigenvalue weighted by Crippen LogP contribution is 2.30. The molecule has 2 aromatic rings. The number of aromatic carboxylic acids is 1. The lowest BCUT2D eigenvalue weighted by Crippen LogP contribution is -2.00. The molecule has 0 aliphatic rings. The van der Waals surface area contributed by atoms with Crippen LogP contribution in [0.5, 0.6) is 5.75 Å². The van der Waals surface area contributed by atoms with Crippen LogP contribution in [0.25, 0.3) is 11.1 Å². The largest absolute Gasteiger partial charge is 0.494 e. The lowest BCUT2D eigenvalue weighted by atomic mass is 10.0. The summed E-state index contributed by atoms with van der Waals surface area (Å²) >= 11 is 0. The first kappa shape index (κ1) is 12.1. The minimum Gasteiger partial charge on any atom is -0.494 e. The Labute approximate surface area is 103 Å². The van der Waals surface area contributed by atoms with Crippen molar-refractivity contribution in [2.75, 3.05) is 7.11 Å². The smallest absolute Gasteiger partial charge is 0.335 e. The van der Waals surface area contributed by atoms with E-state index >= 15 is 0 Å². The number of halogens is 1. The van der Waals surface area contributed by atoms with Crippen LogP contribution >= 0.6 is 0 Å². The van der Waals surface area contributed by atoms with Gasteiger partial charge in [-0.25, -0.2) is 9.18 Å². The molecule has 2 rings (SSSR count). The molecule has 0 spiro atoms. The summed E-state index contributed by atoms with van der Waals surface area (Å²) in [6.07, 6.45) is 0. The van der Waals surface area contributed by atoms with Crippen molar-refractivity contribution in [3.63, 3.8) is 0 Å². The van der Waals surface area contributed by atoms with Crippen LogP contribution in [0, 0.1) is 5.82 Å². The minimum atomic E-state index is -1.12. The van der Waals surface area contributed by atoms with Gasteiger partial charge >= 0.3 is 5.97 Å². The van der Waals surface area contributed by atoms with Gasteiger partial charge in [0.2, 0.25) is 0 Å². The molecule has 3 nitrogen and oxygen atoms in total. The average molecular weight is 246 g/mol. The van der Waals surface area contributed by atoms with Gasteiger partial charge < -0.3 is 9.84 Å². The van der Waals surface area contributed by atoms with E-state index in [0.29, 0.717) is 5.56 Å². The Morgan fingerprint density at radius 3 is 2.44 bits per heavy atom. The van der Waals surface area contributed by atoms with Crippen LogP contribution in [-0.4, -0.2) is 18.2 Å². The highest BCUT2D eigenvalue weighted by molar-refractivity contribution is 5.90. The molecule has 0 aliphatic heterocycles. The van der Waals surface area contributed by atoms with Crippen LogP contribution in [0.4, 0.5) is 4.39 Å². The van der Waals surface area contributed by atoms with Crippen molar-refractivity contribution >= 4 is 5.97 Å². The molecule has 0 fully saturated rings. The van der Waals surface area contributed by atoms with Crippen molar-refractivity contribution in [1.82, 2.24) is 0 Å². The van der Waals surface area contributed by atoms with Gasteiger partial charge in [0.05, 0.1) is 12.7 Å². The molecule has 0 bridgehead atoms. The van der Waals surface area contributed by atoms with E-state index in [1.165, 1.54) is 19.2 Å². The molecule has 0 heterocycles. The van der Waals surface area contributed by atoms with Gasteiger partial charge in [-0.2, -0.15) is 0 Å². The van der Waals surface area contributed by atoms with Gasteiger partial charge in [0.1, 0.15) is 0 Å². The predicted octanol–water partition coefficient (Wildman–Crippen LogP) is 3.20. The zero-order valence-electron chi connectivity index (χ0n) is 9.68. The Balaban J connectivity index is 2.66. The van der Waals surface area contributed by atoms with Gasteiger partial charge in [-0.3, -0.25) is 0 Å². The topological polar surface area (TPSA) is 46.5 Å². The third-order valence-corrected chi connectivity index (χ3v) is 2.59. The predicted molar refractivity (Wildman–Crippen MR) is 65.3 cm³/mol. The Morgan fingerprint density at radius 2 is 1.89 bits per heavy atom. The van der Waals surface area contributed by atoms with Crippen molar-refractivity contribution in [1.29, 1.82) is 0 Å². The van der Waals surface area contributed by atoms with E-state index in [0.717, 1.165) is 0 Å². The van der Waals surface area contributed by atoms with Crippen molar-refractivity contribution in [2.45, 2.75) is 0 Å². The van der Waals surface area contributed by atoms with E-state index in [2.05, 4.69) is 0 Å². The van der Waals surface area contributed by atoms with Gasteiger partial charge in [-0.05, 0) is 17.7 Å². The fraction of sp³-hybridized carbons (Fsp3) is 0.0714. The van der Waals surface area contributed by atoms with Crippen LogP contribution < -0.4 is 4.74 Å². The average Bonchev–Trinajstić information content (AvgIpc) is 2.39. The molecule has 0 aromatic heterocycles. The van der Waals surface area contributed by atoms with Crippen LogP contribution in [0.15, 0.2) is 42.5 Å². The van der Waals surface area contributed by atoms with E-state index in [4.69, 9.17) is 9.84 Å². The second kappa shape index (κ2) is 4.87. The fourth-order valence-corrected chi connectivity index (χ4v) is 1.70. The van der Waals surface area contributed by atoms with E-state index in [1.807, 2.05) is 0 Å². The fourth-order valence-electron chi connectivity index (χ4n) is 1.70. The normalized spacial score (nSPS) is 10.1. The molecular weight excluding hydrogens is 235 g/mol. The Bertz CT molecular complexity index is 579. The number of benzene rings is 2. The van der Waals surface area contributed by atoms with Gasteiger partial charge in [0.15, 0.2) is 11.6 Å². The number of carboxylic acids is 1. The standard InChI is InChI=1S/C14H11FO3/c1-18-12-8-10(14(16)17)7-11(13(12)15)9-5-3-2-4-6-9/h2-8H,1H3,(H,16,17). The van der Waals surface area contributed by atoms with E-state index in [9.17, 15) is 9.18 Å². The molecular formula is C14H11FO3. The van der Waals surface area contributed by atoms with Crippen molar-refractivity contribution < 1.29 is 19.0 Å². The van der Waals surface area contributed by atoms with Crippen molar-refractivity contribution in [3.8, 4) is 16.9 Å². The number of methoxy groups -OCH3 is 1. The number of hydrogen-bond acceptors (Lipinski definition) is 2. The molecule has 0 unspecified atom stereocenters. The number of ether oxygens (including phenoxy) is 1. The molecule has 92 valence electrons. The molecule has 0 atom stereocenters. The first-order valence-corrected chi connectivity index (χ1v) is 5.29. The van der Waals surface area contributed by atoms with Crippen LogP contribution in [0.1, 0.15) is 10.4 Å². The summed E-state index contributed by atoms with van der Waals surface area (Å²) < 4.78 is 18.9. The summed E-state index contributed by atoms with van der Waals surface area (Å²) in [7, 11) is 1.30. The molecule has 2 aromatic carbocycles. The lowest BCUT2D eigenvalue weighted by molar-refractivity contribution is 0.0696. The van der Waals surface area contributed by atoms with Crippen LogP contribution in [0.3, 0.4) is 0 Å². The SMILES string of the molecule is COc1cc(C(=O)O)cc(-c2ccccc2)c1F. The van der Waals surface area contributed by atoms with Crippen LogP contribution in [-0.2, 0) is 0 Å². The van der Waals surface area contributed by atoms with E-state index in [1.54, 1.807) is 30.3 Å². The van der Waals surface area contributed by atoms with Crippen LogP contribution in [0.2, 0.25) is 0 Å². The maximum atomic E-state index is 14.1. The molecule has 0 amide bonds. The minimum absolute atomic E-state index is 0.00731. The maximum Gasteiger partial charge on any atom is 0.335 e. The van der Waals surface area contributed by atoms with Gasteiger partial charge in [-0.15, -0.1) is 0 Å². The first-order chi connectivity index (χ1) is 8.63. The van der Waals surface area contributed by atoms with E-state index < -0.39 is 11.8 Å². The van der Waals surface area contributed by atoms with Crippen molar-refractivity contribution in [2.24, 2.45) is 0 Å². The lowest BCUT2D eigenvalue weighted by Gasteiger charge is -2.09. The maximum absolute atomic E-state index is 14.1. The molecule has 0 saturated carbocycles. The second-order valence-electron chi connectivity index (χ2n) is 3.71. The molecule has 18 heavy (non-hydrogen) atoms. The number of rotatable bonds is 3. The first-order valence-electron chi connectivity index (χ1n) is 5.29. The number of carbonyl (C=O) groups is 1. The van der Waals surface area contributed by atoms with Gasteiger partial charge in [0, 0.05) is 5.56 Å². The highest BCUT2D eigenvalue weighted by Gasteiger charge is 2.15. The van der Waals surface area contributed by atoms with Gasteiger partial charge in [0.25, 0.3) is 0 Å².